The number of rotatable bonds is 8. The summed E-state index contributed by atoms with van der Waals surface area (Å²) in [6.45, 7) is 2.13. The van der Waals surface area contributed by atoms with Crippen molar-refractivity contribution in [1.82, 2.24) is 10.0 Å². The second-order valence-electron chi connectivity index (χ2n) is 8.14. The Hall–Kier alpha value is -2.78. The Kier molecular flexibility index (Phi) is 6.86. The molecule has 1 aliphatic heterocycles. The molecule has 2 aromatic carbocycles. The molecular weight excluding hydrogens is 432 g/mol. The number of carbonyl (C=O) groups excluding carboxylic acids is 1. The van der Waals surface area contributed by atoms with Crippen molar-refractivity contribution in [2.75, 3.05) is 13.4 Å². The van der Waals surface area contributed by atoms with E-state index in [9.17, 15) is 13.2 Å². The van der Waals surface area contributed by atoms with E-state index in [1.807, 2.05) is 18.2 Å². The molecule has 0 radical (unpaired) electrons. The molecule has 0 saturated heterocycles. The molecule has 1 fully saturated rings. The summed E-state index contributed by atoms with van der Waals surface area (Å²) in [6.07, 6.45) is 5.01. The number of aryl methyl sites for hydroxylation is 1. The average Bonchev–Trinajstić information content (AvgIpc) is 3.25. The smallest absolute Gasteiger partial charge is 0.258 e. The molecule has 1 saturated carbocycles. The van der Waals surface area contributed by atoms with Gasteiger partial charge >= 0.3 is 0 Å². The number of hydrogen-bond acceptors (Lipinski definition) is 6. The van der Waals surface area contributed by atoms with E-state index in [1.54, 1.807) is 19.1 Å². The van der Waals surface area contributed by atoms with Crippen LogP contribution in [-0.4, -0.2) is 33.8 Å². The van der Waals surface area contributed by atoms with E-state index >= 15 is 0 Å². The molecular formula is C23H28N2O6S. The molecule has 0 bridgehead atoms. The maximum absolute atomic E-state index is 12.7. The fraction of sp³-hybridized carbons (Fsp3) is 0.435. The molecule has 0 atom stereocenters. The highest BCUT2D eigenvalue weighted by atomic mass is 32.2. The third kappa shape index (κ3) is 5.52. The molecule has 2 N–H and O–H groups in total. The molecule has 8 nitrogen and oxygen atoms in total. The minimum absolute atomic E-state index is 0.00145. The monoisotopic (exact) mass is 460 g/mol. The lowest BCUT2D eigenvalue weighted by atomic mass is 9.96. The van der Waals surface area contributed by atoms with Crippen LogP contribution in [0.2, 0.25) is 0 Å². The maximum atomic E-state index is 12.7. The Morgan fingerprint density at radius 2 is 1.84 bits per heavy atom. The zero-order valence-corrected chi connectivity index (χ0v) is 18.9. The number of sulfonamides is 1. The fourth-order valence-corrected chi connectivity index (χ4v) is 5.29. The molecule has 4 rings (SSSR count). The van der Waals surface area contributed by atoms with Gasteiger partial charge in [0.15, 0.2) is 18.1 Å². The van der Waals surface area contributed by atoms with Crippen molar-refractivity contribution in [1.29, 1.82) is 0 Å². The van der Waals surface area contributed by atoms with E-state index < -0.39 is 10.0 Å². The molecule has 32 heavy (non-hydrogen) atoms. The van der Waals surface area contributed by atoms with Crippen LogP contribution >= 0.6 is 0 Å². The first kappa shape index (κ1) is 22.4. The van der Waals surface area contributed by atoms with E-state index in [2.05, 4.69) is 10.0 Å². The number of nitrogens with one attached hydrogen (secondary N) is 2. The number of amides is 1. The van der Waals surface area contributed by atoms with Gasteiger partial charge in [0, 0.05) is 12.6 Å². The normalized spacial score (nSPS) is 16.0. The van der Waals surface area contributed by atoms with Crippen molar-refractivity contribution >= 4 is 15.9 Å². The highest BCUT2D eigenvalue weighted by Gasteiger charge is 2.22. The molecule has 0 unspecified atom stereocenters. The zero-order valence-electron chi connectivity index (χ0n) is 18.1. The number of carbonyl (C=O) groups is 1. The lowest BCUT2D eigenvalue weighted by Crippen LogP contribution is -2.36. The summed E-state index contributed by atoms with van der Waals surface area (Å²) in [5.41, 5.74) is 1.54. The number of benzene rings is 2. The van der Waals surface area contributed by atoms with Gasteiger partial charge in [-0.2, -0.15) is 0 Å². The summed E-state index contributed by atoms with van der Waals surface area (Å²) < 4.78 is 44.4. The number of ether oxygens (including phenoxy) is 3. The van der Waals surface area contributed by atoms with Crippen LogP contribution in [-0.2, 0) is 21.4 Å². The second kappa shape index (κ2) is 9.79. The SMILES string of the molecule is Cc1cc(S(=O)(=O)NC2CCCCC2)ccc1OCC(=O)NCc1ccc2c(c1)OCO2. The van der Waals surface area contributed by atoms with Gasteiger partial charge in [0.05, 0.1) is 4.90 Å². The summed E-state index contributed by atoms with van der Waals surface area (Å²) in [5.74, 6) is 1.55. The lowest BCUT2D eigenvalue weighted by Gasteiger charge is -2.22. The van der Waals surface area contributed by atoms with Crippen LogP contribution in [0.25, 0.3) is 0 Å². The molecule has 172 valence electrons. The Balaban J connectivity index is 1.29. The standard InChI is InChI=1S/C23H28N2O6S/c1-16-11-19(32(27,28)25-18-5-3-2-4-6-18)8-10-20(16)29-14-23(26)24-13-17-7-9-21-22(12-17)31-15-30-21/h7-12,18,25H,2-6,13-15H2,1H3,(H,24,26). The third-order valence-corrected chi connectivity index (χ3v) is 7.19. The molecule has 2 aromatic rings. The van der Waals surface area contributed by atoms with Crippen molar-refractivity contribution in [2.24, 2.45) is 0 Å². The minimum atomic E-state index is -3.58. The maximum Gasteiger partial charge on any atom is 0.258 e. The molecule has 0 spiro atoms. The van der Waals surface area contributed by atoms with Crippen LogP contribution in [0.4, 0.5) is 0 Å². The number of fused-ring (bicyclic) bond motifs is 1. The van der Waals surface area contributed by atoms with Crippen LogP contribution in [0.3, 0.4) is 0 Å². The summed E-state index contributed by atoms with van der Waals surface area (Å²) in [7, 11) is -3.58. The summed E-state index contributed by atoms with van der Waals surface area (Å²) >= 11 is 0. The van der Waals surface area contributed by atoms with Crippen molar-refractivity contribution in [3.63, 3.8) is 0 Å². The first-order chi connectivity index (χ1) is 15.4. The molecule has 1 heterocycles. The first-order valence-electron chi connectivity index (χ1n) is 10.8. The summed E-state index contributed by atoms with van der Waals surface area (Å²) in [4.78, 5) is 12.4. The van der Waals surface area contributed by atoms with Gasteiger partial charge in [-0.15, -0.1) is 0 Å². The molecule has 9 heteroatoms. The van der Waals surface area contributed by atoms with Crippen molar-refractivity contribution in [2.45, 2.75) is 56.5 Å². The predicted octanol–water partition coefficient (Wildman–Crippen LogP) is 3.03. The predicted molar refractivity (Wildman–Crippen MR) is 118 cm³/mol. The second-order valence-corrected chi connectivity index (χ2v) is 9.85. The minimum Gasteiger partial charge on any atom is -0.484 e. The van der Waals surface area contributed by atoms with Gasteiger partial charge < -0.3 is 19.5 Å². The van der Waals surface area contributed by atoms with E-state index in [4.69, 9.17) is 14.2 Å². The topological polar surface area (TPSA) is 103 Å². The fourth-order valence-electron chi connectivity index (χ4n) is 3.90. The van der Waals surface area contributed by atoms with E-state index in [0.717, 1.165) is 37.7 Å². The van der Waals surface area contributed by atoms with Gasteiger partial charge in [-0.25, -0.2) is 13.1 Å². The van der Waals surface area contributed by atoms with E-state index in [-0.39, 0.29) is 30.2 Å². The van der Waals surface area contributed by atoms with Crippen LogP contribution < -0.4 is 24.2 Å². The Labute approximate surface area is 188 Å². The highest BCUT2D eigenvalue weighted by molar-refractivity contribution is 7.89. The van der Waals surface area contributed by atoms with E-state index in [0.29, 0.717) is 29.4 Å². The quantitative estimate of drug-likeness (QED) is 0.628. The number of hydrogen-bond donors (Lipinski definition) is 2. The van der Waals surface area contributed by atoms with Crippen LogP contribution in [0.5, 0.6) is 17.2 Å². The molecule has 1 amide bonds. The van der Waals surface area contributed by atoms with Gasteiger partial charge in [0.2, 0.25) is 16.8 Å². The van der Waals surface area contributed by atoms with Crippen molar-refractivity contribution in [3.8, 4) is 17.2 Å². The average molecular weight is 461 g/mol. The molecule has 0 aromatic heterocycles. The van der Waals surface area contributed by atoms with Crippen LogP contribution in [0.15, 0.2) is 41.3 Å². The third-order valence-electron chi connectivity index (χ3n) is 5.67. The first-order valence-corrected chi connectivity index (χ1v) is 12.3. The molecule has 2 aliphatic rings. The Bertz CT molecular complexity index is 1080. The summed E-state index contributed by atoms with van der Waals surface area (Å²) in [6, 6.07) is 10.2. The Morgan fingerprint density at radius 1 is 1.06 bits per heavy atom. The van der Waals surface area contributed by atoms with Gasteiger partial charge in [-0.1, -0.05) is 25.3 Å². The lowest BCUT2D eigenvalue weighted by molar-refractivity contribution is -0.123. The highest BCUT2D eigenvalue weighted by Crippen LogP contribution is 2.32. The molecule has 1 aliphatic carbocycles. The van der Waals surface area contributed by atoms with E-state index in [1.165, 1.54) is 6.07 Å². The zero-order chi connectivity index (χ0) is 22.6. The van der Waals surface area contributed by atoms with Gasteiger partial charge in [0.25, 0.3) is 5.91 Å². The van der Waals surface area contributed by atoms with Gasteiger partial charge in [-0.05, 0) is 61.2 Å². The van der Waals surface area contributed by atoms with Gasteiger partial charge in [-0.3, -0.25) is 4.79 Å². The summed E-state index contributed by atoms with van der Waals surface area (Å²) in [5, 5.41) is 2.79. The van der Waals surface area contributed by atoms with Crippen LogP contribution in [0, 0.1) is 6.92 Å². The van der Waals surface area contributed by atoms with Crippen LogP contribution in [0.1, 0.15) is 43.2 Å². The van der Waals surface area contributed by atoms with Crippen molar-refractivity contribution < 1.29 is 27.4 Å². The largest absolute Gasteiger partial charge is 0.484 e. The Morgan fingerprint density at radius 3 is 2.62 bits per heavy atom. The van der Waals surface area contributed by atoms with Gasteiger partial charge in [0.1, 0.15) is 5.75 Å². The van der Waals surface area contributed by atoms with Crippen molar-refractivity contribution in [3.05, 3.63) is 47.5 Å².